The second-order valence-electron chi connectivity index (χ2n) is 7.20. The maximum absolute atomic E-state index is 5.87. The van der Waals surface area contributed by atoms with E-state index in [2.05, 4.69) is 39.2 Å². The number of nitrogens with zero attached hydrogens (tertiary/aromatic N) is 4. The van der Waals surface area contributed by atoms with Crippen LogP contribution in [0, 0.1) is 13.8 Å². The summed E-state index contributed by atoms with van der Waals surface area (Å²) in [5.41, 5.74) is 4.09. The van der Waals surface area contributed by atoms with Gasteiger partial charge in [-0.1, -0.05) is 0 Å². The minimum absolute atomic E-state index is 0. The molecular formula is C21H27ClN4O3. The Kier molecular flexibility index (Phi) is 6.37. The van der Waals surface area contributed by atoms with Gasteiger partial charge in [0, 0.05) is 30.3 Å². The van der Waals surface area contributed by atoms with Crippen molar-refractivity contribution in [2.75, 3.05) is 20.3 Å². The van der Waals surface area contributed by atoms with Crippen molar-refractivity contribution in [1.82, 2.24) is 19.3 Å². The summed E-state index contributed by atoms with van der Waals surface area (Å²) >= 11 is 0. The van der Waals surface area contributed by atoms with Crippen LogP contribution < -0.4 is 14.2 Å². The van der Waals surface area contributed by atoms with Crippen LogP contribution in [0.1, 0.15) is 30.8 Å². The molecule has 0 radical (unpaired) electrons. The highest BCUT2D eigenvalue weighted by Crippen LogP contribution is 2.41. The first-order chi connectivity index (χ1) is 13.6. The molecule has 0 N–H and O–H groups in total. The molecule has 156 valence electrons. The molecular weight excluding hydrogens is 392 g/mol. The van der Waals surface area contributed by atoms with Crippen molar-refractivity contribution in [3.05, 3.63) is 42.1 Å². The highest BCUT2D eigenvalue weighted by molar-refractivity contribution is 5.85. The molecule has 3 heterocycles. The van der Waals surface area contributed by atoms with Crippen LogP contribution in [-0.2, 0) is 6.54 Å². The molecule has 3 aromatic rings. The summed E-state index contributed by atoms with van der Waals surface area (Å²) in [5.74, 6) is 2.21. The second-order valence-corrected chi connectivity index (χ2v) is 7.20. The molecule has 8 heteroatoms. The van der Waals surface area contributed by atoms with E-state index < -0.39 is 0 Å². The van der Waals surface area contributed by atoms with E-state index in [9.17, 15) is 0 Å². The van der Waals surface area contributed by atoms with Crippen LogP contribution in [0.2, 0.25) is 0 Å². The number of aromatic nitrogens is 4. The number of hydrogen-bond acceptors (Lipinski definition) is 5. The molecule has 0 saturated heterocycles. The molecule has 0 saturated carbocycles. The van der Waals surface area contributed by atoms with Crippen LogP contribution >= 0.6 is 12.4 Å². The number of hydrogen-bond donors (Lipinski definition) is 0. The Bertz CT molecular complexity index is 982. The zero-order valence-corrected chi connectivity index (χ0v) is 18.0. The summed E-state index contributed by atoms with van der Waals surface area (Å²) in [6, 6.07) is 6.17. The van der Waals surface area contributed by atoms with Gasteiger partial charge in [-0.05, 0) is 32.9 Å². The van der Waals surface area contributed by atoms with Gasteiger partial charge in [-0.25, -0.2) is 4.98 Å². The number of rotatable bonds is 5. The summed E-state index contributed by atoms with van der Waals surface area (Å²) < 4.78 is 21.5. The summed E-state index contributed by atoms with van der Waals surface area (Å²) in [6.07, 6.45) is 4.57. The van der Waals surface area contributed by atoms with Crippen molar-refractivity contribution in [2.45, 2.75) is 39.8 Å². The zero-order valence-electron chi connectivity index (χ0n) is 17.2. The lowest BCUT2D eigenvalue weighted by molar-refractivity contribution is 0.296. The Morgan fingerprint density at radius 3 is 2.52 bits per heavy atom. The number of aryl methyl sites for hydroxylation is 2. The summed E-state index contributed by atoms with van der Waals surface area (Å²) in [7, 11) is 1.67. The Labute approximate surface area is 177 Å². The van der Waals surface area contributed by atoms with Crippen molar-refractivity contribution < 1.29 is 14.2 Å². The molecule has 0 fully saturated rings. The van der Waals surface area contributed by atoms with E-state index in [-0.39, 0.29) is 18.4 Å². The van der Waals surface area contributed by atoms with Gasteiger partial charge in [-0.15, -0.1) is 12.4 Å². The van der Waals surface area contributed by atoms with Crippen molar-refractivity contribution in [1.29, 1.82) is 0 Å². The summed E-state index contributed by atoms with van der Waals surface area (Å²) in [4.78, 5) is 4.38. The van der Waals surface area contributed by atoms with Gasteiger partial charge in [0.05, 0.1) is 50.3 Å². The Balaban J connectivity index is 0.00000240. The lowest BCUT2D eigenvalue weighted by Gasteiger charge is -2.19. The monoisotopic (exact) mass is 418 g/mol. The van der Waals surface area contributed by atoms with Crippen molar-refractivity contribution in [3.63, 3.8) is 0 Å². The molecule has 1 aromatic carbocycles. The zero-order chi connectivity index (χ0) is 19.7. The third-order valence-corrected chi connectivity index (χ3v) is 4.98. The first kappa shape index (κ1) is 21.0. The van der Waals surface area contributed by atoms with Crippen molar-refractivity contribution in [3.8, 4) is 28.5 Å². The third kappa shape index (κ3) is 4.19. The standard InChI is InChI=1S/C21H26N4O3.ClH/c1-14-8-15(2)25(23-14)16(3)12-24-13-22-11-18(24)17-9-20-21(10-19(17)26-4)28-7-5-6-27-20;/h8-11,13,16H,5-7,12H2,1-4H3;1H. The lowest BCUT2D eigenvalue weighted by atomic mass is 10.1. The number of halogens is 1. The number of ether oxygens (including phenoxy) is 3. The first-order valence-corrected chi connectivity index (χ1v) is 9.57. The highest BCUT2D eigenvalue weighted by atomic mass is 35.5. The highest BCUT2D eigenvalue weighted by Gasteiger charge is 2.20. The Morgan fingerprint density at radius 2 is 1.86 bits per heavy atom. The van der Waals surface area contributed by atoms with Gasteiger partial charge in [0.1, 0.15) is 5.75 Å². The fourth-order valence-corrected chi connectivity index (χ4v) is 3.70. The largest absolute Gasteiger partial charge is 0.496 e. The van der Waals surface area contributed by atoms with Crippen LogP contribution in [0.5, 0.6) is 17.2 Å². The molecule has 1 aliphatic heterocycles. The number of imidazole rings is 1. The molecule has 0 amide bonds. The van der Waals surface area contributed by atoms with Gasteiger partial charge in [0.25, 0.3) is 0 Å². The van der Waals surface area contributed by atoms with Gasteiger partial charge in [0.2, 0.25) is 0 Å². The molecule has 7 nitrogen and oxygen atoms in total. The van der Waals surface area contributed by atoms with Crippen LogP contribution in [0.15, 0.2) is 30.7 Å². The van der Waals surface area contributed by atoms with Crippen LogP contribution in [0.4, 0.5) is 0 Å². The Hall–Kier alpha value is -2.67. The molecule has 1 atom stereocenters. The third-order valence-electron chi connectivity index (χ3n) is 4.98. The topological polar surface area (TPSA) is 63.3 Å². The fraction of sp³-hybridized carbons (Fsp3) is 0.429. The van der Waals surface area contributed by atoms with Gasteiger partial charge >= 0.3 is 0 Å². The van der Waals surface area contributed by atoms with E-state index in [1.165, 1.54) is 0 Å². The SMILES string of the molecule is COc1cc2c(cc1-c1cncn1CC(C)n1nc(C)cc1C)OCCCO2.Cl. The molecule has 29 heavy (non-hydrogen) atoms. The minimum Gasteiger partial charge on any atom is -0.496 e. The molecule has 4 rings (SSSR count). The summed E-state index contributed by atoms with van der Waals surface area (Å²) in [6.45, 7) is 8.30. The molecule has 1 unspecified atom stereocenters. The van der Waals surface area contributed by atoms with E-state index >= 15 is 0 Å². The van der Waals surface area contributed by atoms with E-state index in [0.29, 0.717) is 13.2 Å². The van der Waals surface area contributed by atoms with E-state index in [4.69, 9.17) is 14.2 Å². The number of benzene rings is 1. The number of methoxy groups -OCH3 is 1. The molecule has 0 aliphatic carbocycles. The average molecular weight is 419 g/mol. The predicted octanol–water partition coefficient (Wildman–Crippen LogP) is 4.22. The molecule has 0 bridgehead atoms. The van der Waals surface area contributed by atoms with E-state index in [0.717, 1.165) is 52.9 Å². The van der Waals surface area contributed by atoms with Crippen molar-refractivity contribution in [2.24, 2.45) is 0 Å². The van der Waals surface area contributed by atoms with Crippen LogP contribution in [0.3, 0.4) is 0 Å². The quantitative estimate of drug-likeness (QED) is 0.620. The maximum atomic E-state index is 5.87. The average Bonchev–Trinajstić information content (AvgIpc) is 3.19. The van der Waals surface area contributed by atoms with Crippen molar-refractivity contribution >= 4 is 12.4 Å². The van der Waals surface area contributed by atoms with E-state index in [1.54, 1.807) is 7.11 Å². The summed E-state index contributed by atoms with van der Waals surface area (Å²) in [5, 5.41) is 4.62. The van der Waals surface area contributed by atoms with E-state index in [1.807, 2.05) is 31.6 Å². The van der Waals surface area contributed by atoms with Gasteiger partial charge in [0.15, 0.2) is 11.5 Å². The van der Waals surface area contributed by atoms with Gasteiger partial charge < -0.3 is 18.8 Å². The lowest BCUT2D eigenvalue weighted by Crippen LogP contribution is -2.16. The minimum atomic E-state index is 0. The van der Waals surface area contributed by atoms with Crippen LogP contribution in [0.25, 0.3) is 11.3 Å². The molecule has 2 aromatic heterocycles. The van der Waals surface area contributed by atoms with Crippen LogP contribution in [-0.4, -0.2) is 39.7 Å². The second kappa shape index (κ2) is 8.78. The predicted molar refractivity (Wildman–Crippen MR) is 113 cm³/mol. The van der Waals surface area contributed by atoms with Gasteiger partial charge in [-0.2, -0.15) is 5.10 Å². The van der Waals surface area contributed by atoms with Gasteiger partial charge in [-0.3, -0.25) is 4.68 Å². The maximum Gasteiger partial charge on any atom is 0.164 e. The fourth-order valence-electron chi connectivity index (χ4n) is 3.70. The smallest absolute Gasteiger partial charge is 0.164 e. The Morgan fingerprint density at radius 1 is 1.14 bits per heavy atom. The molecule has 1 aliphatic rings. The first-order valence-electron chi connectivity index (χ1n) is 9.57. The number of fused-ring (bicyclic) bond motifs is 1. The normalized spacial score (nSPS) is 14.1. The molecule has 0 spiro atoms.